The minimum atomic E-state index is -0.279. The molecule has 0 aliphatic heterocycles. The van der Waals surface area contributed by atoms with Crippen LogP contribution in [-0.2, 0) is 9.53 Å². The lowest BCUT2D eigenvalue weighted by Crippen LogP contribution is -2.58. The van der Waals surface area contributed by atoms with E-state index in [9.17, 15) is 9.90 Å². The molecule has 0 bridgehead atoms. The van der Waals surface area contributed by atoms with Gasteiger partial charge in [-0.3, -0.25) is 0 Å². The molecule has 1 aromatic rings. The van der Waals surface area contributed by atoms with Gasteiger partial charge >= 0.3 is 5.97 Å². The molecular weight excluding hydrogens is 556 g/mol. The van der Waals surface area contributed by atoms with Gasteiger partial charge in [-0.1, -0.05) is 66.7 Å². The summed E-state index contributed by atoms with van der Waals surface area (Å²) in [5.41, 5.74) is 3.97. The third-order valence-electron chi connectivity index (χ3n) is 15.3. The summed E-state index contributed by atoms with van der Waals surface area (Å²) in [5, 5.41) is 9.89. The van der Waals surface area contributed by atoms with Gasteiger partial charge in [0.1, 0.15) is 6.10 Å². The highest BCUT2D eigenvalue weighted by Gasteiger charge is 2.83. The van der Waals surface area contributed by atoms with Crippen LogP contribution in [0.3, 0.4) is 0 Å². The van der Waals surface area contributed by atoms with E-state index in [1.54, 1.807) is 24.3 Å². The number of phenolic OH excluding ortho intramolecular Hbond substituents is 1. The number of hydrogen-bond donors (Lipinski definition) is 1. The van der Waals surface area contributed by atoms with Crippen molar-refractivity contribution in [2.45, 2.75) is 125 Å². The molecule has 0 radical (unpaired) electrons. The molecule has 0 saturated heterocycles. The minimum Gasteiger partial charge on any atom is -0.504 e. The van der Waals surface area contributed by atoms with E-state index in [0.29, 0.717) is 39.2 Å². The second kappa shape index (κ2) is 11.2. The Labute approximate surface area is 273 Å². The Morgan fingerprint density at radius 2 is 1.78 bits per heavy atom. The number of hydrogen-bond acceptors (Lipinski definition) is 4. The Morgan fingerprint density at radius 3 is 2.49 bits per heavy atom. The summed E-state index contributed by atoms with van der Waals surface area (Å²) >= 11 is 0. The summed E-state index contributed by atoms with van der Waals surface area (Å²) in [7, 11) is 1.52. The van der Waals surface area contributed by atoms with Crippen molar-refractivity contribution in [2.24, 2.45) is 56.7 Å². The van der Waals surface area contributed by atoms with Crippen LogP contribution in [-0.4, -0.2) is 24.3 Å². The maximum Gasteiger partial charge on any atom is 0.331 e. The van der Waals surface area contributed by atoms with Crippen molar-refractivity contribution >= 4 is 12.0 Å². The SMILES string of the molecule is C=C(CC[C@H](C)[C@H]1CC[C@@H]2[C@]1(C)CC[C@]13C[C@@]14CC[C@H](OC(=O)/C=C\c1ccc(O)c(OC)c1)C(C)(C)[C@@H]4CC[C@@]23C)C(C)C. The summed E-state index contributed by atoms with van der Waals surface area (Å²) in [6.45, 7) is 21.7. The first kappa shape index (κ1) is 32.7. The maximum absolute atomic E-state index is 13.1. The van der Waals surface area contributed by atoms with Crippen LogP contribution >= 0.6 is 0 Å². The zero-order valence-corrected chi connectivity index (χ0v) is 29.5. The number of ether oxygens (including phenoxy) is 2. The third kappa shape index (κ3) is 4.85. The van der Waals surface area contributed by atoms with E-state index in [-0.39, 0.29) is 23.2 Å². The van der Waals surface area contributed by atoms with E-state index in [1.807, 2.05) is 0 Å². The van der Waals surface area contributed by atoms with Crippen LogP contribution in [0.5, 0.6) is 11.5 Å². The Hall–Kier alpha value is -2.23. The zero-order chi connectivity index (χ0) is 32.6. The van der Waals surface area contributed by atoms with Gasteiger partial charge in [0.15, 0.2) is 11.5 Å². The normalized spacial score (nSPS) is 40.2. The van der Waals surface area contributed by atoms with Crippen LogP contribution in [0.1, 0.15) is 125 Å². The van der Waals surface area contributed by atoms with Crippen molar-refractivity contribution in [3.05, 3.63) is 42.0 Å². The van der Waals surface area contributed by atoms with Gasteiger partial charge in [0.2, 0.25) is 0 Å². The second-order valence-electron chi connectivity index (χ2n) is 17.5. The average Bonchev–Trinajstić information content (AvgIpc) is 3.53. The molecule has 5 aliphatic rings. The molecule has 6 rings (SSSR count). The summed E-state index contributed by atoms with van der Waals surface area (Å²) in [6, 6.07) is 5.08. The fourth-order valence-electron chi connectivity index (χ4n) is 12.7. The highest BCUT2D eigenvalue weighted by Crippen LogP contribution is 2.90. The topological polar surface area (TPSA) is 55.8 Å². The first-order valence-electron chi connectivity index (χ1n) is 18.1. The van der Waals surface area contributed by atoms with Gasteiger partial charge < -0.3 is 14.6 Å². The molecule has 1 aromatic carbocycles. The van der Waals surface area contributed by atoms with E-state index in [2.05, 4.69) is 55.0 Å². The highest BCUT2D eigenvalue weighted by molar-refractivity contribution is 5.87. The molecule has 4 heteroatoms. The van der Waals surface area contributed by atoms with Crippen molar-refractivity contribution in [2.75, 3.05) is 7.11 Å². The first-order valence-corrected chi connectivity index (χ1v) is 18.1. The van der Waals surface area contributed by atoms with Crippen molar-refractivity contribution < 1.29 is 19.4 Å². The fraction of sp³-hybridized carbons (Fsp3) is 0.732. The Balaban J connectivity index is 1.15. The van der Waals surface area contributed by atoms with Crippen molar-refractivity contribution in [3.8, 4) is 11.5 Å². The molecule has 5 aliphatic carbocycles. The predicted octanol–water partition coefficient (Wildman–Crippen LogP) is 10.4. The lowest BCUT2D eigenvalue weighted by Gasteiger charge is -2.64. The molecule has 9 atom stereocenters. The number of carbonyl (C=O) groups excluding carboxylic acids is 1. The summed E-state index contributed by atoms with van der Waals surface area (Å²) in [6.07, 6.45) is 17.5. The molecular formula is C41H60O4. The molecule has 4 nitrogen and oxygen atoms in total. The smallest absolute Gasteiger partial charge is 0.331 e. The maximum atomic E-state index is 13.1. The largest absolute Gasteiger partial charge is 0.504 e. The van der Waals surface area contributed by atoms with E-state index < -0.39 is 0 Å². The number of phenols is 1. The molecule has 248 valence electrons. The quantitative estimate of drug-likeness (QED) is 0.170. The fourth-order valence-corrected chi connectivity index (χ4v) is 12.7. The standard InChI is InChI=1S/C41H60O4/c1-26(2)27(3)10-11-28(4)30-14-16-34-38(30,7)22-23-41-25-40(41)21-19-35(37(5,6)33(40)18-20-39(34,41)8)45-36(43)17-13-29-12-15-31(42)32(24-29)44-9/h12-13,15,17,24,26,28,30,33-35,42H,3,10-11,14,16,18-23,25H2,1-2,4-9H3/b17-13-/t28-,30+,33-,34+,35-,38+,39-,40+,41+/m0/s1. The summed E-state index contributed by atoms with van der Waals surface area (Å²) < 4.78 is 11.5. The minimum absolute atomic E-state index is 0.0410. The van der Waals surface area contributed by atoms with Crippen LogP contribution in [0.25, 0.3) is 6.08 Å². The number of esters is 1. The Morgan fingerprint density at radius 1 is 1.02 bits per heavy atom. The van der Waals surface area contributed by atoms with Gasteiger partial charge in [0.05, 0.1) is 7.11 Å². The van der Waals surface area contributed by atoms with E-state index in [1.165, 1.54) is 83.0 Å². The van der Waals surface area contributed by atoms with Gasteiger partial charge in [0, 0.05) is 11.5 Å². The van der Waals surface area contributed by atoms with Gasteiger partial charge in [-0.2, -0.15) is 0 Å². The van der Waals surface area contributed by atoms with Crippen molar-refractivity contribution in [1.29, 1.82) is 0 Å². The molecule has 5 saturated carbocycles. The number of rotatable bonds is 9. The van der Waals surface area contributed by atoms with E-state index >= 15 is 0 Å². The van der Waals surface area contributed by atoms with Crippen molar-refractivity contribution in [1.82, 2.24) is 0 Å². The van der Waals surface area contributed by atoms with Gasteiger partial charge in [0.25, 0.3) is 0 Å². The molecule has 2 spiro atoms. The monoisotopic (exact) mass is 616 g/mol. The first-order chi connectivity index (χ1) is 21.1. The predicted molar refractivity (Wildman–Crippen MR) is 183 cm³/mol. The van der Waals surface area contributed by atoms with Gasteiger partial charge in [-0.05, 0) is 146 Å². The molecule has 45 heavy (non-hydrogen) atoms. The summed E-state index contributed by atoms with van der Waals surface area (Å²) in [5.74, 6) is 3.85. The molecule has 0 unspecified atom stereocenters. The Bertz CT molecular complexity index is 1360. The molecule has 5 fully saturated rings. The van der Waals surface area contributed by atoms with Crippen LogP contribution < -0.4 is 4.74 Å². The molecule has 1 N–H and O–H groups in total. The van der Waals surface area contributed by atoms with Crippen LogP contribution in [0.4, 0.5) is 0 Å². The van der Waals surface area contributed by atoms with Crippen LogP contribution in [0, 0.1) is 56.7 Å². The Kier molecular flexibility index (Phi) is 8.13. The number of fused-ring (bicyclic) bond motifs is 2. The van der Waals surface area contributed by atoms with Gasteiger partial charge in [-0.15, -0.1) is 0 Å². The van der Waals surface area contributed by atoms with Gasteiger partial charge in [-0.25, -0.2) is 4.79 Å². The molecule has 0 aromatic heterocycles. The number of allylic oxidation sites excluding steroid dienone is 1. The molecule has 0 amide bonds. The number of methoxy groups -OCH3 is 1. The number of benzene rings is 1. The van der Waals surface area contributed by atoms with E-state index in [0.717, 1.165) is 29.7 Å². The lowest BCUT2D eigenvalue weighted by molar-refractivity contribution is -0.185. The highest BCUT2D eigenvalue weighted by atomic mass is 16.5. The zero-order valence-electron chi connectivity index (χ0n) is 29.5. The number of carbonyl (C=O) groups is 1. The number of aromatic hydroxyl groups is 1. The molecule has 0 heterocycles. The average molecular weight is 617 g/mol. The van der Waals surface area contributed by atoms with Crippen LogP contribution in [0.15, 0.2) is 36.4 Å². The second-order valence-corrected chi connectivity index (χ2v) is 17.5. The van der Waals surface area contributed by atoms with Crippen molar-refractivity contribution in [3.63, 3.8) is 0 Å². The summed E-state index contributed by atoms with van der Waals surface area (Å²) in [4.78, 5) is 13.1. The van der Waals surface area contributed by atoms with E-state index in [4.69, 9.17) is 9.47 Å². The lowest BCUT2D eigenvalue weighted by atomic mass is 9.41. The third-order valence-corrected chi connectivity index (χ3v) is 15.3. The van der Waals surface area contributed by atoms with Crippen LogP contribution in [0.2, 0.25) is 0 Å².